The van der Waals surface area contributed by atoms with Gasteiger partial charge in [0.15, 0.2) is 0 Å². The van der Waals surface area contributed by atoms with Crippen molar-refractivity contribution in [3.8, 4) is 0 Å². The average molecular weight is 290 g/mol. The van der Waals surface area contributed by atoms with Crippen LogP contribution in [0.25, 0.3) is 0 Å². The summed E-state index contributed by atoms with van der Waals surface area (Å²) in [6, 6.07) is 8.87. The quantitative estimate of drug-likeness (QED) is 0.677. The first kappa shape index (κ1) is 18.2. The second-order valence-electron chi connectivity index (χ2n) is 7.28. The molecule has 1 aromatic rings. The summed E-state index contributed by atoms with van der Waals surface area (Å²) in [6.45, 7) is 17.9. The lowest BCUT2D eigenvalue weighted by Crippen LogP contribution is -2.60. The Kier molecular flexibility index (Phi) is 4.97. The fraction of sp³-hybridized carbons (Fsp3) is 0.684. The molecule has 0 bridgehead atoms. The van der Waals surface area contributed by atoms with E-state index in [1.54, 1.807) is 0 Å². The van der Waals surface area contributed by atoms with Gasteiger partial charge in [0.1, 0.15) is 0 Å². The molecule has 1 heterocycles. The number of nitrogens with zero attached hydrogens (tertiary/aromatic N) is 2. The Bertz CT molecular complexity index is 443. The van der Waals surface area contributed by atoms with Crippen LogP contribution in [-0.4, -0.2) is 29.6 Å². The summed E-state index contributed by atoms with van der Waals surface area (Å²) < 4.78 is 0. The highest BCUT2D eigenvalue weighted by Crippen LogP contribution is 2.46. The molecule has 0 radical (unpaired) electrons. The van der Waals surface area contributed by atoms with Crippen molar-refractivity contribution in [1.82, 2.24) is 9.80 Å². The van der Waals surface area contributed by atoms with Crippen molar-refractivity contribution in [3.63, 3.8) is 0 Å². The largest absolute Gasteiger partial charge is 0.279 e. The highest BCUT2D eigenvalue weighted by Gasteiger charge is 2.48. The third kappa shape index (κ3) is 2.64. The van der Waals surface area contributed by atoms with Crippen molar-refractivity contribution in [1.29, 1.82) is 0 Å². The van der Waals surface area contributed by atoms with E-state index in [-0.39, 0.29) is 16.7 Å². The Balaban J connectivity index is 0.00000106. The average Bonchev–Trinajstić information content (AvgIpc) is 2.49. The zero-order chi connectivity index (χ0) is 16.6. The Morgan fingerprint density at radius 3 is 1.24 bits per heavy atom. The molecule has 2 heteroatoms. The lowest BCUT2D eigenvalue weighted by Gasteiger charge is -2.51. The van der Waals surface area contributed by atoms with Crippen LogP contribution in [0.2, 0.25) is 0 Å². The molecular formula is C19H34N2. The Hall–Kier alpha value is -0.860. The summed E-state index contributed by atoms with van der Waals surface area (Å²) in [6.07, 6.45) is 0. The standard InChI is InChI=1S/C17H28N2.C2H6/c1-15(2)13-11-9-10-12-14(13)16(3,4)19(8)17(5,6)18(15)7;1-2/h9-12H,1-8H3;1-2H3. The third-order valence-electron chi connectivity index (χ3n) is 5.56. The van der Waals surface area contributed by atoms with Crippen molar-refractivity contribution in [2.24, 2.45) is 0 Å². The molecule has 1 aromatic carbocycles. The first-order valence-corrected chi connectivity index (χ1v) is 8.12. The fourth-order valence-corrected chi connectivity index (χ4v) is 3.50. The molecule has 0 N–H and O–H groups in total. The number of rotatable bonds is 0. The van der Waals surface area contributed by atoms with Crippen LogP contribution >= 0.6 is 0 Å². The van der Waals surface area contributed by atoms with Gasteiger partial charge in [0.2, 0.25) is 0 Å². The number of hydrogen-bond acceptors (Lipinski definition) is 2. The van der Waals surface area contributed by atoms with Gasteiger partial charge in [-0.3, -0.25) is 9.80 Å². The molecule has 2 rings (SSSR count). The van der Waals surface area contributed by atoms with Crippen LogP contribution in [0.1, 0.15) is 66.5 Å². The van der Waals surface area contributed by atoms with E-state index in [9.17, 15) is 0 Å². The minimum atomic E-state index is -0.00792. The molecule has 0 saturated heterocycles. The molecule has 0 amide bonds. The highest BCUT2D eigenvalue weighted by atomic mass is 15.4. The van der Waals surface area contributed by atoms with Crippen LogP contribution in [0, 0.1) is 0 Å². The van der Waals surface area contributed by atoms with Crippen molar-refractivity contribution in [3.05, 3.63) is 35.4 Å². The van der Waals surface area contributed by atoms with Gasteiger partial charge in [0.05, 0.1) is 5.66 Å². The van der Waals surface area contributed by atoms with Gasteiger partial charge in [0.25, 0.3) is 0 Å². The zero-order valence-electron chi connectivity index (χ0n) is 15.7. The fourth-order valence-electron chi connectivity index (χ4n) is 3.50. The molecule has 21 heavy (non-hydrogen) atoms. The van der Waals surface area contributed by atoms with E-state index in [0.29, 0.717) is 0 Å². The molecule has 1 aliphatic rings. The van der Waals surface area contributed by atoms with Gasteiger partial charge in [-0.05, 0) is 66.8 Å². The van der Waals surface area contributed by atoms with Crippen LogP contribution in [0.3, 0.4) is 0 Å². The second-order valence-corrected chi connectivity index (χ2v) is 7.28. The van der Waals surface area contributed by atoms with Crippen molar-refractivity contribution < 1.29 is 0 Å². The Labute approximate surface area is 132 Å². The summed E-state index contributed by atoms with van der Waals surface area (Å²) in [5.41, 5.74) is 2.89. The van der Waals surface area contributed by atoms with E-state index in [0.717, 1.165) is 0 Å². The van der Waals surface area contributed by atoms with Crippen molar-refractivity contribution >= 4 is 0 Å². The molecule has 1 aliphatic heterocycles. The number of hydrogen-bond donors (Lipinski definition) is 0. The monoisotopic (exact) mass is 290 g/mol. The maximum absolute atomic E-state index is 2.48. The van der Waals surface area contributed by atoms with Gasteiger partial charge >= 0.3 is 0 Å². The van der Waals surface area contributed by atoms with E-state index >= 15 is 0 Å². The Morgan fingerprint density at radius 1 is 0.667 bits per heavy atom. The van der Waals surface area contributed by atoms with Crippen molar-refractivity contribution in [2.75, 3.05) is 14.1 Å². The predicted octanol–water partition coefficient (Wildman–Crippen LogP) is 4.80. The molecule has 0 unspecified atom stereocenters. The molecule has 0 saturated carbocycles. The normalized spacial score (nSPS) is 23.5. The number of fused-ring (bicyclic) bond motifs is 1. The zero-order valence-corrected chi connectivity index (χ0v) is 15.7. The van der Waals surface area contributed by atoms with E-state index < -0.39 is 0 Å². The summed E-state index contributed by atoms with van der Waals surface area (Å²) in [4.78, 5) is 4.96. The summed E-state index contributed by atoms with van der Waals surface area (Å²) in [5, 5.41) is 0. The molecule has 0 atom stereocenters. The third-order valence-corrected chi connectivity index (χ3v) is 5.56. The first-order valence-electron chi connectivity index (χ1n) is 8.12. The molecule has 0 aliphatic carbocycles. The maximum atomic E-state index is 2.48. The maximum Gasteiger partial charge on any atom is 0.0688 e. The van der Waals surface area contributed by atoms with Gasteiger partial charge in [-0.2, -0.15) is 0 Å². The van der Waals surface area contributed by atoms with E-state index in [2.05, 4.69) is 89.7 Å². The van der Waals surface area contributed by atoms with Crippen LogP contribution < -0.4 is 0 Å². The van der Waals surface area contributed by atoms with Gasteiger partial charge in [-0.15, -0.1) is 0 Å². The van der Waals surface area contributed by atoms with Gasteiger partial charge < -0.3 is 0 Å². The highest BCUT2D eigenvalue weighted by molar-refractivity contribution is 5.39. The second kappa shape index (κ2) is 5.73. The summed E-state index contributed by atoms with van der Waals surface area (Å²) >= 11 is 0. The Morgan fingerprint density at radius 2 is 0.952 bits per heavy atom. The minimum absolute atomic E-state index is 0.00792. The predicted molar refractivity (Wildman–Crippen MR) is 93.4 cm³/mol. The van der Waals surface area contributed by atoms with Crippen LogP contribution in [0.4, 0.5) is 0 Å². The molecule has 0 fully saturated rings. The van der Waals surface area contributed by atoms with E-state index in [1.165, 1.54) is 11.1 Å². The smallest absolute Gasteiger partial charge is 0.0688 e. The first-order chi connectivity index (χ1) is 9.54. The van der Waals surface area contributed by atoms with Crippen LogP contribution in [0.5, 0.6) is 0 Å². The molecule has 0 aromatic heterocycles. The molecule has 0 spiro atoms. The summed E-state index contributed by atoms with van der Waals surface area (Å²) in [7, 11) is 4.46. The lowest BCUT2D eigenvalue weighted by molar-refractivity contribution is -0.0892. The minimum Gasteiger partial charge on any atom is -0.279 e. The summed E-state index contributed by atoms with van der Waals surface area (Å²) in [5.74, 6) is 0. The topological polar surface area (TPSA) is 6.48 Å². The van der Waals surface area contributed by atoms with Crippen molar-refractivity contribution in [2.45, 2.75) is 72.1 Å². The van der Waals surface area contributed by atoms with Crippen LogP contribution in [0.15, 0.2) is 24.3 Å². The number of benzene rings is 1. The lowest BCUT2D eigenvalue weighted by atomic mass is 9.82. The molecule has 2 nitrogen and oxygen atoms in total. The van der Waals surface area contributed by atoms with Gasteiger partial charge in [0, 0.05) is 11.1 Å². The van der Waals surface area contributed by atoms with Gasteiger partial charge in [-0.1, -0.05) is 38.1 Å². The SMILES string of the molecule is CC.CN1C(C)(C)c2ccccc2C(C)(C)N(C)C1(C)C. The molecule has 120 valence electrons. The van der Waals surface area contributed by atoms with E-state index in [4.69, 9.17) is 0 Å². The molecular weight excluding hydrogens is 256 g/mol. The van der Waals surface area contributed by atoms with E-state index in [1.807, 2.05) is 13.8 Å². The van der Waals surface area contributed by atoms with Crippen LogP contribution in [-0.2, 0) is 11.1 Å². The van der Waals surface area contributed by atoms with Gasteiger partial charge in [-0.25, -0.2) is 0 Å².